The quantitative estimate of drug-likeness (QED) is 0.768. The van der Waals surface area contributed by atoms with Gasteiger partial charge in [0.1, 0.15) is 6.54 Å². The smallest absolute Gasteiger partial charge is 0.341 e. The molecule has 1 fully saturated rings. The third kappa shape index (κ3) is 5.41. The number of hydrogen-bond donors (Lipinski definition) is 2. The number of carbonyl (C=O) groups excluding carboxylic acids is 2. The van der Waals surface area contributed by atoms with E-state index in [9.17, 15) is 22.8 Å². The molecule has 0 aromatic carbocycles. The molecule has 0 atom stereocenters. The molecule has 1 saturated heterocycles. The summed E-state index contributed by atoms with van der Waals surface area (Å²) >= 11 is 0. The molecule has 0 aliphatic carbocycles. The monoisotopic (exact) mass is 253 g/mol. The van der Waals surface area contributed by atoms with Crippen LogP contribution in [0.3, 0.4) is 0 Å². The first-order valence-electron chi connectivity index (χ1n) is 5.25. The fraction of sp³-hybridized carbons (Fsp3) is 0.778. The van der Waals surface area contributed by atoms with Crippen molar-refractivity contribution < 1.29 is 22.8 Å². The molecule has 1 heterocycles. The van der Waals surface area contributed by atoms with Gasteiger partial charge < -0.3 is 15.5 Å². The van der Waals surface area contributed by atoms with Gasteiger partial charge in [0.05, 0.1) is 6.54 Å². The van der Waals surface area contributed by atoms with Crippen molar-refractivity contribution >= 4 is 11.9 Å². The van der Waals surface area contributed by atoms with Crippen LogP contribution in [0.15, 0.2) is 0 Å². The summed E-state index contributed by atoms with van der Waals surface area (Å²) < 4.78 is 35.2. The van der Waals surface area contributed by atoms with Gasteiger partial charge in [0.2, 0.25) is 5.91 Å². The number of hydrogen-bond acceptors (Lipinski definition) is 2. The number of nitrogens with zero attached hydrogens (tertiary/aromatic N) is 1. The maximum absolute atomic E-state index is 11.7. The normalized spacial score (nSPS) is 15.8. The van der Waals surface area contributed by atoms with Gasteiger partial charge in [-0.2, -0.15) is 13.2 Å². The Bertz CT molecular complexity index is 288. The number of amides is 3. The number of urea groups is 1. The van der Waals surface area contributed by atoms with Crippen molar-refractivity contribution in [2.45, 2.75) is 19.0 Å². The molecule has 0 aromatic rings. The zero-order chi connectivity index (χ0) is 12.9. The standard InChI is InChI=1S/C9H14F3N3O2/c10-9(11,12)6-14-8(17)13-5-7(16)15-3-1-2-4-15/h1-6H2,(H2,13,14,17). The molecule has 1 aliphatic heterocycles. The Hall–Kier alpha value is -1.47. The number of rotatable bonds is 3. The highest BCUT2D eigenvalue weighted by molar-refractivity contribution is 5.84. The third-order valence-electron chi connectivity index (χ3n) is 2.31. The Kier molecular flexibility index (Phi) is 4.59. The maximum Gasteiger partial charge on any atom is 0.405 e. The van der Waals surface area contributed by atoms with Gasteiger partial charge in [0, 0.05) is 13.1 Å². The molecule has 0 saturated carbocycles. The molecular formula is C9H14F3N3O2. The average Bonchev–Trinajstić information content (AvgIpc) is 2.75. The van der Waals surface area contributed by atoms with Crippen molar-refractivity contribution in [1.29, 1.82) is 0 Å². The summed E-state index contributed by atoms with van der Waals surface area (Å²) in [6.45, 7) is -0.393. The van der Waals surface area contributed by atoms with Crippen LogP contribution in [0.4, 0.5) is 18.0 Å². The second-order valence-corrected chi connectivity index (χ2v) is 3.74. The minimum absolute atomic E-state index is 0.273. The first-order chi connectivity index (χ1) is 7.88. The number of likely N-dealkylation sites (tertiary alicyclic amines) is 1. The van der Waals surface area contributed by atoms with Crippen molar-refractivity contribution in [2.24, 2.45) is 0 Å². The van der Waals surface area contributed by atoms with Crippen LogP contribution in [0.25, 0.3) is 0 Å². The Morgan fingerprint density at radius 1 is 1.12 bits per heavy atom. The Morgan fingerprint density at radius 2 is 1.71 bits per heavy atom. The summed E-state index contributed by atoms with van der Waals surface area (Å²) in [5.74, 6) is -0.273. The highest BCUT2D eigenvalue weighted by Crippen LogP contribution is 2.11. The molecule has 17 heavy (non-hydrogen) atoms. The molecule has 0 bridgehead atoms. The first kappa shape index (κ1) is 13.6. The van der Waals surface area contributed by atoms with E-state index < -0.39 is 18.8 Å². The summed E-state index contributed by atoms with van der Waals surface area (Å²) in [7, 11) is 0. The molecule has 0 radical (unpaired) electrons. The molecule has 5 nitrogen and oxygen atoms in total. The number of carbonyl (C=O) groups is 2. The Labute approximate surface area is 96.3 Å². The van der Waals surface area contributed by atoms with Gasteiger partial charge in [0.25, 0.3) is 0 Å². The molecule has 1 aliphatic rings. The van der Waals surface area contributed by atoms with Crippen LogP contribution in [-0.2, 0) is 4.79 Å². The van der Waals surface area contributed by atoms with Crippen LogP contribution >= 0.6 is 0 Å². The van der Waals surface area contributed by atoms with Crippen LogP contribution in [0.2, 0.25) is 0 Å². The van der Waals surface area contributed by atoms with Crippen LogP contribution in [0, 0.1) is 0 Å². The van der Waals surface area contributed by atoms with Crippen molar-refractivity contribution in [3.05, 3.63) is 0 Å². The maximum atomic E-state index is 11.7. The number of alkyl halides is 3. The van der Waals surface area contributed by atoms with Crippen molar-refractivity contribution in [3.8, 4) is 0 Å². The van der Waals surface area contributed by atoms with Crippen molar-refractivity contribution in [3.63, 3.8) is 0 Å². The lowest BCUT2D eigenvalue weighted by atomic mass is 10.4. The second-order valence-electron chi connectivity index (χ2n) is 3.74. The van der Waals surface area contributed by atoms with Gasteiger partial charge in [-0.15, -0.1) is 0 Å². The fourth-order valence-corrected chi connectivity index (χ4v) is 1.48. The largest absolute Gasteiger partial charge is 0.405 e. The summed E-state index contributed by atoms with van der Waals surface area (Å²) in [5.41, 5.74) is 0. The lowest BCUT2D eigenvalue weighted by Crippen LogP contribution is -2.45. The first-order valence-corrected chi connectivity index (χ1v) is 5.25. The van der Waals surface area contributed by atoms with Crippen molar-refractivity contribution in [2.75, 3.05) is 26.2 Å². The van der Waals surface area contributed by atoms with Gasteiger partial charge in [0.15, 0.2) is 0 Å². The Morgan fingerprint density at radius 3 is 2.24 bits per heavy atom. The molecule has 8 heteroatoms. The van der Waals surface area contributed by atoms with Gasteiger partial charge >= 0.3 is 12.2 Å². The highest BCUT2D eigenvalue weighted by atomic mass is 19.4. The van der Waals surface area contributed by atoms with E-state index in [1.807, 2.05) is 0 Å². The van der Waals surface area contributed by atoms with E-state index in [1.54, 1.807) is 10.2 Å². The molecule has 3 amide bonds. The lowest BCUT2D eigenvalue weighted by Gasteiger charge is -2.15. The van der Waals surface area contributed by atoms with E-state index >= 15 is 0 Å². The van der Waals surface area contributed by atoms with Gasteiger partial charge in [-0.05, 0) is 12.8 Å². The zero-order valence-electron chi connectivity index (χ0n) is 9.14. The predicted octanol–water partition coefficient (Wildman–Crippen LogP) is 0.470. The molecule has 0 aromatic heterocycles. The topological polar surface area (TPSA) is 61.4 Å². The zero-order valence-corrected chi connectivity index (χ0v) is 9.14. The predicted molar refractivity (Wildman–Crippen MR) is 53.3 cm³/mol. The molecule has 0 spiro atoms. The SMILES string of the molecule is O=C(NCC(=O)N1CCCC1)NCC(F)(F)F. The summed E-state index contributed by atoms with van der Waals surface area (Å²) in [6.07, 6.45) is -2.60. The van der Waals surface area contributed by atoms with Crippen LogP contribution in [0.1, 0.15) is 12.8 Å². The van der Waals surface area contributed by atoms with E-state index in [2.05, 4.69) is 5.32 Å². The third-order valence-corrected chi connectivity index (χ3v) is 2.31. The summed E-state index contributed by atoms with van der Waals surface area (Å²) in [5, 5.41) is 3.71. The van der Waals surface area contributed by atoms with Crippen LogP contribution in [0.5, 0.6) is 0 Å². The highest BCUT2D eigenvalue weighted by Gasteiger charge is 2.27. The van der Waals surface area contributed by atoms with Gasteiger partial charge in [-0.3, -0.25) is 4.79 Å². The van der Waals surface area contributed by atoms with Gasteiger partial charge in [-0.25, -0.2) is 4.79 Å². The molecule has 98 valence electrons. The molecule has 1 rings (SSSR count). The number of halogens is 3. The van der Waals surface area contributed by atoms with Crippen LogP contribution < -0.4 is 10.6 Å². The van der Waals surface area contributed by atoms with E-state index in [1.165, 1.54) is 0 Å². The van der Waals surface area contributed by atoms with E-state index in [0.717, 1.165) is 12.8 Å². The van der Waals surface area contributed by atoms with Crippen LogP contribution in [-0.4, -0.2) is 49.2 Å². The van der Waals surface area contributed by atoms with E-state index in [-0.39, 0.29) is 12.5 Å². The minimum Gasteiger partial charge on any atom is -0.341 e. The minimum atomic E-state index is -4.45. The summed E-state index contributed by atoms with van der Waals surface area (Å²) in [4.78, 5) is 23.9. The second kappa shape index (κ2) is 5.74. The van der Waals surface area contributed by atoms with Gasteiger partial charge in [-0.1, -0.05) is 0 Å². The molecular weight excluding hydrogens is 239 g/mol. The average molecular weight is 253 g/mol. The van der Waals surface area contributed by atoms with Crippen molar-refractivity contribution in [1.82, 2.24) is 15.5 Å². The summed E-state index contributed by atoms with van der Waals surface area (Å²) in [6, 6.07) is -0.991. The fourth-order valence-electron chi connectivity index (χ4n) is 1.48. The molecule has 0 unspecified atom stereocenters. The lowest BCUT2D eigenvalue weighted by molar-refractivity contribution is -0.128. The van der Waals surface area contributed by atoms with E-state index in [0.29, 0.717) is 13.1 Å². The Balaban J connectivity index is 2.17. The number of nitrogens with one attached hydrogen (secondary N) is 2. The molecule has 2 N–H and O–H groups in total. The van der Waals surface area contributed by atoms with E-state index in [4.69, 9.17) is 0 Å².